The van der Waals surface area contributed by atoms with Crippen molar-refractivity contribution < 1.29 is 0 Å². The van der Waals surface area contributed by atoms with E-state index in [1.54, 1.807) is 0 Å². The second-order valence-corrected chi connectivity index (χ2v) is 3.57. The molecular formula is C10H15ClN2. The fraction of sp³-hybridized carbons (Fsp3) is 0.700. The molecule has 0 bridgehead atoms. The third-order valence-corrected chi connectivity index (χ3v) is 2.35. The highest BCUT2D eigenvalue weighted by atomic mass is 35.5. The predicted molar refractivity (Wildman–Crippen MR) is 54.7 cm³/mol. The first kappa shape index (κ1) is 10.6. The molecule has 0 aliphatic heterocycles. The number of halogens is 1. The van der Waals surface area contributed by atoms with Crippen LogP contribution in [-0.2, 0) is 0 Å². The molecular weight excluding hydrogens is 184 g/mol. The van der Waals surface area contributed by atoms with Gasteiger partial charge in [-0.3, -0.25) is 4.90 Å². The first-order valence-corrected chi connectivity index (χ1v) is 5.24. The van der Waals surface area contributed by atoms with E-state index in [4.69, 9.17) is 16.9 Å². The second-order valence-electron chi connectivity index (χ2n) is 3.26. The third kappa shape index (κ3) is 4.31. The first-order valence-electron chi connectivity index (χ1n) is 4.70. The lowest BCUT2D eigenvalue weighted by Crippen LogP contribution is -2.27. The van der Waals surface area contributed by atoms with Crippen LogP contribution in [0.3, 0.4) is 0 Å². The lowest BCUT2D eigenvalue weighted by Gasteiger charge is -2.17. The molecule has 0 aromatic heterocycles. The van der Waals surface area contributed by atoms with Crippen LogP contribution >= 0.6 is 11.6 Å². The van der Waals surface area contributed by atoms with Crippen molar-refractivity contribution in [3.8, 4) is 6.07 Å². The van der Waals surface area contributed by atoms with E-state index in [0.717, 1.165) is 19.1 Å². The molecule has 0 heterocycles. The molecule has 1 rings (SSSR count). The average Bonchev–Trinajstić information content (AvgIpc) is 2.94. The smallest absolute Gasteiger partial charge is 0.0635 e. The number of hydrogen-bond donors (Lipinski definition) is 0. The molecule has 1 fully saturated rings. The highest BCUT2D eigenvalue weighted by Crippen LogP contribution is 2.26. The molecule has 2 nitrogen and oxygen atoms in total. The van der Waals surface area contributed by atoms with Crippen LogP contribution in [0.25, 0.3) is 0 Å². The van der Waals surface area contributed by atoms with Gasteiger partial charge in [-0.15, -0.1) is 11.6 Å². The summed E-state index contributed by atoms with van der Waals surface area (Å²) < 4.78 is 0. The highest BCUT2D eigenvalue weighted by molar-refractivity contribution is 6.18. The summed E-state index contributed by atoms with van der Waals surface area (Å²) in [5.74, 6) is 0.580. The van der Waals surface area contributed by atoms with E-state index in [-0.39, 0.29) is 0 Å². The van der Waals surface area contributed by atoms with Crippen molar-refractivity contribution in [1.29, 1.82) is 5.26 Å². The number of rotatable bonds is 6. The summed E-state index contributed by atoms with van der Waals surface area (Å²) >= 11 is 5.53. The number of allylic oxidation sites excluding steroid dienone is 1. The van der Waals surface area contributed by atoms with Gasteiger partial charge in [0.2, 0.25) is 0 Å². The normalized spacial score (nSPS) is 16.7. The molecule has 0 N–H and O–H groups in total. The molecule has 0 amide bonds. The van der Waals surface area contributed by atoms with Crippen LogP contribution in [0.15, 0.2) is 12.2 Å². The minimum absolute atomic E-state index is 0.580. The van der Waals surface area contributed by atoms with Crippen LogP contribution in [-0.4, -0.2) is 29.9 Å². The Labute approximate surface area is 84.8 Å². The number of hydrogen-bond acceptors (Lipinski definition) is 2. The molecule has 0 atom stereocenters. The Bertz CT molecular complexity index is 203. The Morgan fingerprint density at radius 3 is 2.77 bits per heavy atom. The fourth-order valence-corrected chi connectivity index (χ4v) is 1.46. The highest BCUT2D eigenvalue weighted by Gasteiger charge is 2.27. The summed E-state index contributed by atoms with van der Waals surface area (Å²) in [7, 11) is 0. The topological polar surface area (TPSA) is 27.0 Å². The minimum atomic E-state index is 0.580. The van der Waals surface area contributed by atoms with Crippen molar-refractivity contribution >= 4 is 11.6 Å². The molecule has 13 heavy (non-hydrogen) atoms. The Morgan fingerprint density at radius 1 is 1.46 bits per heavy atom. The molecule has 0 unspecified atom stereocenters. The van der Waals surface area contributed by atoms with Gasteiger partial charge in [0, 0.05) is 31.4 Å². The van der Waals surface area contributed by atoms with E-state index in [2.05, 4.69) is 17.0 Å². The summed E-state index contributed by atoms with van der Waals surface area (Å²) in [4.78, 5) is 2.35. The molecule has 0 aromatic carbocycles. The number of nitrogens with zero attached hydrogens (tertiary/aromatic N) is 2. The van der Waals surface area contributed by atoms with Gasteiger partial charge in [-0.25, -0.2) is 0 Å². The van der Waals surface area contributed by atoms with Crippen LogP contribution in [0.2, 0.25) is 0 Å². The molecule has 0 saturated heterocycles. The van der Waals surface area contributed by atoms with Gasteiger partial charge in [0.05, 0.1) is 6.07 Å². The maximum Gasteiger partial charge on any atom is 0.0635 e. The Balaban J connectivity index is 2.21. The van der Waals surface area contributed by atoms with Crippen LogP contribution < -0.4 is 0 Å². The zero-order valence-electron chi connectivity index (χ0n) is 7.75. The van der Waals surface area contributed by atoms with E-state index in [9.17, 15) is 0 Å². The van der Waals surface area contributed by atoms with Crippen LogP contribution in [0.4, 0.5) is 0 Å². The Kier molecular flexibility index (Phi) is 4.88. The summed E-state index contributed by atoms with van der Waals surface area (Å²) in [6, 6.07) is 2.91. The van der Waals surface area contributed by atoms with Crippen molar-refractivity contribution in [3.05, 3.63) is 12.2 Å². The monoisotopic (exact) mass is 198 g/mol. The standard InChI is InChI=1S/C10H15ClN2/c11-6-1-2-8-13(9-3-7-12)10-4-5-10/h1-2,10H,3-6,8-9H2. The van der Waals surface area contributed by atoms with E-state index < -0.39 is 0 Å². The lowest BCUT2D eigenvalue weighted by molar-refractivity contribution is 0.299. The van der Waals surface area contributed by atoms with Gasteiger partial charge >= 0.3 is 0 Å². The minimum Gasteiger partial charge on any atom is -0.296 e. The predicted octanol–water partition coefficient (Wildman–Crippen LogP) is 2.16. The van der Waals surface area contributed by atoms with E-state index in [1.165, 1.54) is 12.8 Å². The van der Waals surface area contributed by atoms with Crippen LogP contribution in [0.1, 0.15) is 19.3 Å². The van der Waals surface area contributed by atoms with Gasteiger partial charge in [0.15, 0.2) is 0 Å². The number of alkyl halides is 1. The molecule has 1 saturated carbocycles. The summed E-state index contributed by atoms with van der Waals surface area (Å²) in [6.07, 6.45) is 7.26. The molecule has 3 heteroatoms. The van der Waals surface area contributed by atoms with Crippen LogP contribution in [0.5, 0.6) is 0 Å². The third-order valence-electron chi connectivity index (χ3n) is 2.17. The zero-order valence-corrected chi connectivity index (χ0v) is 8.50. The van der Waals surface area contributed by atoms with Crippen molar-refractivity contribution in [1.82, 2.24) is 4.90 Å². The van der Waals surface area contributed by atoms with Crippen molar-refractivity contribution in [2.24, 2.45) is 0 Å². The molecule has 0 aromatic rings. The quantitative estimate of drug-likeness (QED) is 0.483. The Hall–Kier alpha value is -0.520. The second kappa shape index (κ2) is 6.01. The largest absolute Gasteiger partial charge is 0.296 e. The first-order chi connectivity index (χ1) is 6.38. The molecule has 1 aliphatic carbocycles. The summed E-state index contributed by atoms with van der Waals surface area (Å²) in [6.45, 7) is 1.84. The maximum absolute atomic E-state index is 8.47. The van der Waals surface area contributed by atoms with E-state index in [0.29, 0.717) is 12.3 Å². The molecule has 1 aliphatic rings. The number of nitriles is 1. The van der Waals surface area contributed by atoms with Gasteiger partial charge in [-0.05, 0) is 12.8 Å². The summed E-state index contributed by atoms with van der Waals surface area (Å²) in [5, 5.41) is 8.47. The summed E-state index contributed by atoms with van der Waals surface area (Å²) in [5.41, 5.74) is 0. The average molecular weight is 199 g/mol. The maximum atomic E-state index is 8.47. The van der Waals surface area contributed by atoms with Crippen molar-refractivity contribution in [3.63, 3.8) is 0 Å². The van der Waals surface area contributed by atoms with Gasteiger partial charge in [-0.1, -0.05) is 12.2 Å². The fourth-order valence-electron chi connectivity index (χ4n) is 1.33. The van der Waals surface area contributed by atoms with Gasteiger partial charge in [-0.2, -0.15) is 5.26 Å². The SMILES string of the molecule is N#CCCN(CC=CCCl)C1CC1. The van der Waals surface area contributed by atoms with E-state index >= 15 is 0 Å². The Morgan fingerprint density at radius 2 is 2.23 bits per heavy atom. The van der Waals surface area contributed by atoms with Gasteiger partial charge < -0.3 is 0 Å². The van der Waals surface area contributed by atoms with Gasteiger partial charge in [0.1, 0.15) is 0 Å². The zero-order chi connectivity index (χ0) is 9.52. The lowest BCUT2D eigenvalue weighted by atomic mass is 10.3. The van der Waals surface area contributed by atoms with Crippen molar-refractivity contribution in [2.75, 3.05) is 19.0 Å². The molecule has 0 spiro atoms. The molecule has 0 radical (unpaired) electrons. The molecule has 72 valence electrons. The van der Waals surface area contributed by atoms with Crippen molar-refractivity contribution in [2.45, 2.75) is 25.3 Å². The van der Waals surface area contributed by atoms with Gasteiger partial charge in [0.25, 0.3) is 0 Å². The van der Waals surface area contributed by atoms with Crippen LogP contribution in [0, 0.1) is 11.3 Å². The van der Waals surface area contributed by atoms with E-state index in [1.807, 2.05) is 6.08 Å².